The molecule has 21 heavy (non-hydrogen) atoms. The molecular weight excluding hydrogens is 292 g/mol. The molecule has 0 radical (unpaired) electrons. The molecular formula is C14H16N2O4S. The summed E-state index contributed by atoms with van der Waals surface area (Å²) in [6.07, 6.45) is 3.32. The van der Waals surface area contributed by atoms with Crippen LogP contribution >= 0.6 is 0 Å². The summed E-state index contributed by atoms with van der Waals surface area (Å²) in [5.41, 5.74) is 0.280. The van der Waals surface area contributed by atoms with Crippen molar-refractivity contribution in [2.45, 2.75) is 25.3 Å². The van der Waals surface area contributed by atoms with Gasteiger partial charge in [0.05, 0.1) is 16.2 Å². The smallest absolute Gasteiger partial charge is 0.335 e. The van der Waals surface area contributed by atoms with E-state index in [9.17, 15) is 13.2 Å². The number of hydrogen-bond acceptors (Lipinski definition) is 4. The highest BCUT2D eigenvalue weighted by atomic mass is 32.2. The summed E-state index contributed by atoms with van der Waals surface area (Å²) in [6, 6.07) is 4.29. The molecule has 6 nitrogen and oxygen atoms in total. The number of carboxylic acids is 1. The number of sulfone groups is 1. The van der Waals surface area contributed by atoms with Crippen LogP contribution in [0.3, 0.4) is 0 Å². The van der Waals surface area contributed by atoms with Gasteiger partial charge in [-0.25, -0.2) is 18.2 Å². The maximum atomic E-state index is 12.4. The molecule has 112 valence electrons. The SMILES string of the molecule is Cc1c(C(=O)O)cccc1S(=O)(=O)CCn1ccnc1C. The fourth-order valence-electron chi connectivity index (χ4n) is 2.15. The van der Waals surface area contributed by atoms with E-state index < -0.39 is 15.8 Å². The molecule has 0 atom stereocenters. The third kappa shape index (κ3) is 3.13. The van der Waals surface area contributed by atoms with Gasteiger partial charge < -0.3 is 9.67 Å². The van der Waals surface area contributed by atoms with Crippen LogP contribution in [0.5, 0.6) is 0 Å². The summed E-state index contributed by atoms with van der Waals surface area (Å²) in [5.74, 6) is -0.495. The topological polar surface area (TPSA) is 89.3 Å². The molecule has 1 N–H and O–H groups in total. The summed E-state index contributed by atoms with van der Waals surface area (Å²) in [4.78, 5) is 15.2. The second-order valence-electron chi connectivity index (χ2n) is 4.72. The van der Waals surface area contributed by atoms with E-state index in [2.05, 4.69) is 4.98 Å². The Morgan fingerprint density at radius 2 is 2.05 bits per heavy atom. The predicted molar refractivity (Wildman–Crippen MR) is 77.2 cm³/mol. The molecule has 0 aliphatic heterocycles. The van der Waals surface area contributed by atoms with Crippen LogP contribution in [0.2, 0.25) is 0 Å². The number of aromatic carboxylic acids is 1. The van der Waals surface area contributed by atoms with E-state index in [1.54, 1.807) is 23.9 Å². The molecule has 0 aliphatic rings. The zero-order chi connectivity index (χ0) is 15.6. The highest BCUT2D eigenvalue weighted by Crippen LogP contribution is 2.20. The lowest BCUT2D eigenvalue weighted by Crippen LogP contribution is -2.16. The first-order valence-electron chi connectivity index (χ1n) is 6.36. The molecule has 0 saturated carbocycles. The first-order valence-corrected chi connectivity index (χ1v) is 8.01. The Kier molecular flexibility index (Phi) is 4.13. The lowest BCUT2D eigenvalue weighted by molar-refractivity contribution is 0.0696. The maximum absolute atomic E-state index is 12.4. The number of rotatable bonds is 5. The molecule has 1 aromatic heterocycles. The van der Waals surface area contributed by atoms with Gasteiger partial charge in [0, 0.05) is 18.9 Å². The average molecular weight is 308 g/mol. The number of aromatic nitrogens is 2. The summed E-state index contributed by atoms with van der Waals surface area (Å²) in [5, 5.41) is 9.07. The molecule has 0 spiro atoms. The molecule has 0 amide bonds. The Morgan fingerprint density at radius 1 is 1.33 bits per heavy atom. The predicted octanol–water partition coefficient (Wildman–Crippen LogP) is 1.67. The molecule has 2 aromatic rings. The Balaban J connectivity index is 2.30. The summed E-state index contributed by atoms with van der Waals surface area (Å²) >= 11 is 0. The Hall–Kier alpha value is -2.15. The van der Waals surface area contributed by atoms with Crippen LogP contribution in [0.1, 0.15) is 21.7 Å². The monoisotopic (exact) mass is 308 g/mol. The standard InChI is InChI=1S/C14H16N2O4S/c1-10-12(14(17)18)4-3-5-13(10)21(19,20)9-8-16-7-6-15-11(16)2/h3-7H,8-9H2,1-2H3,(H,17,18). The van der Waals surface area contributed by atoms with Crippen molar-refractivity contribution in [3.05, 3.63) is 47.5 Å². The molecule has 0 unspecified atom stereocenters. The fraction of sp³-hybridized carbons (Fsp3) is 0.286. The second kappa shape index (κ2) is 5.69. The van der Waals surface area contributed by atoms with E-state index in [1.807, 2.05) is 0 Å². The van der Waals surface area contributed by atoms with E-state index in [0.29, 0.717) is 0 Å². The molecule has 0 fully saturated rings. The molecule has 0 aliphatic carbocycles. The summed E-state index contributed by atoms with van der Waals surface area (Å²) in [6.45, 7) is 3.59. The molecule has 2 rings (SSSR count). The van der Waals surface area contributed by atoms with Crippen LogP contribution in [-0.2, 0) is 16.4 Å². The highest BCUT2D eigenvalue weighted by Gasteiger charge is 2.20. The highest BCUT2D eigenvalue weighted by molar-refractivity contribution is 7.91. The number of hydrogen-bond donors (Lipinski definition) is 1. The van der Waals surface area contributed by atoms with Crippen molar-refractivity contribution in [2.24, 2.45) is 0 Å². The lowest BCUT2D eigenvalue weighted by Gasteiger charge is -2.10. The van der Waals surface area contributed by atoms with E-state index in [-0.39, 0.29) is 28.3 Å². The van der Waals surface area contributed by atoms with Gasteiger partial charge in [-0.1, -0.05) is 6.07 Å². The van der Waals surface area contributed by atoms with E-state index in [1.165, 1.54) is 25.1 Å². The number of carboxylic acid groups (broad SMARTS) is 1. The van der Waals surface area contributed by atoms with Gasteiger partial charge in [-0.05, 0) is 31.5 Å². The fourth-order valence-corrected chi connectivity index (χ4v) is 3.67. The number of aryl methyl sites for hydroxylation is 2. The minimum absolute atomic E-state index is 0.00915. The van der Waals surface area contributed by atoms with Crippen molar-refractivity contribution in [2.75, 3.05) is 5.75 Å². The van der Waals surface area contributed by atoms with E-state index >= 15 is 0 Å². The number of carbonyl (C=O) groups is 1. The average Bonchev–Trinajstić information content (AvgIpc) is 2.82. The van der Waals surface area contributed by atoms with Gasteiger partial charge in [-0.15, -0.1) is 0 Å². The molecule has 7 heteroatoms. The largest absolute Gasteiger partial charge is 0.478 e. The molecule has 1 aromatic carbocycles. The van der Waals surface area contributed by atoms with Gasteiger partial charge >= 0.3 is 5.97 Å². The van der Waals surface area contributed by atoms with Gasteiger partial charge in [-0.3, -0.25) is 0 Å². The van der Waals surface area contributed by atoms with Crippen molar-refractivity contribution < 1.29 is 18.3 Å². The number of nitrogens with zero attached hydrogens (tertiary/aromatic N) is 2. The Bertz CT molecular complexity index is 778. The number of imidazole rings is 1. The Morgan fingerprint density at radius 3 is 2.62 bits per heavy atom. The summed E-state index contributed by atoms with van der Waals surface area (Å²) in [7, 11) is -3.55. The quantitative estimate of drug-likeness (QED) is 0.907. The van der Waals surface area contributed by atoms with Crippen molar-refractivity contribution in [3.8, 4) is 0 Å². The van der Waals surface area contributed by atoms with Crippen LogP contribution in [0, 0.1) is 13.8 Å². The zero-order valence-corrected chi connectivity index (χ0v) is 12.6. The third-order valence-electron chi connectivity index (χ3n) is 3.37. The van der Waals surface area contributed by atoms with Gasteiger partial charge in [0.25, 0.3) is 0 Å². The first kappa shape index (κ1) is 15.2. The summed E-state index contributed by atoms with van der Waals surface area (Å²) < 4.78 is 26.6. The lowest BCUT2D eigenvalue weighted by atomic mass is 10.1. The van der Waals surface area contributed by atoms with Gasteiger partial charge in [0.2, 0.25) is 0 Å². The van der Waals surface area contributed by atoms with Crippen LogP contribution in [0.4, 0.5) is 0 Å². The van der Waals surface area contributed by atoms with Crippen LogP contribution < -0.4 is 0 Å². The van der Waals surface area contributed by atoms with Crippen molar-refractivity contribution in [1.82, 2.24) is 9.55 Å². The normalized spacial score (nSPS) is 11.5. The number of benzene rings is 1. The van der Waals surface area contributed by atoms with Gasteiger partial charge in [0.1, 0.15) is 5.82 Å². The van der Waals surface area contributed by atoms with Gasteiger partial charge in [-0.2, -0.15) is 0 Å². The first-order chi connectivity index (χ1) is 9.83. The molecule has 0 saturated heterocycles. The zero-order valence-electron chi connectivity index (χ0n) is 11.8. The van der Waals surface area contributed by atoms with Crippen LogP contribution in [0.25, 0.3) is 0 Å². The molecule has 0 bridgehead atoms. The Labute approximate surface area is 123 Å². The van der Waals surface area contributed by atoms with E-state index in [0.717, 1.165) is 5.82 Å². The molecule has 1 heterocycles. The van der Waals surface area contributed by atoms with Crippen molar-refractivity contribution in [3.63, 3.8) is 0 Å². The van der Waals surface area contributed by atoms with Crippen LogP contribution in [-0.4, -0.2) is 34.8 Å². The van der Waals surface area contributed by atoms with Crippen LogP contribution in [0.15, 0.2) is 35.5 Å². The minimum Gasteiger partial charge on any atom is -0.478 e. The van der Waals surface area contributed by atoms with Gasteiger partial charge in [0.15, 0.2) is 9.84 Å². The van der Waals surface area contributed by atoms with Crippen molar-refractivity contribution >= 4 is 15.8 Å². The third-order valence-corrected chi connectivity index (χ3v) is 5.21. The minimum atomic E-state index is -3.55. The van der Waals surface area contributed by atoms with E-state index in [4.69, 9.17) is 5.11 Å². The second-order valence-corrected chi connectivity index (χ2v) is 6.80. The van der Waals surface area contributed by atoms with Crippen molar-refractivity contribution in [1.29, 1.82) is 0 Å². The maximum Gasteiger partial charge on any atom is 0.335 e.